The highest BCUT2D eigenvalue weighted by molar-refractivity contribution is 5.97. The van der Waals surface area contributed by atoms with Crippen LogP contribution in [-0.4, -0.2) is 38.9 Å². The molecule has 0 saturated carbocycles. The van der Waals surface area contributed by atoms with Gasteiger partial charge >= 0.3 is 0 Å². The van der Waals surface area contributed by atoms with E-state index in [1.54, 1.807) is 43.1 Å². The molecule has 9 nitrogen and oxygen atoms in total. The summed E-state index contributed by atoms with van der Waals surface area (Å²) in [5.74, 6) is -0.287. The molecule has 9 heteroatoms. The quantitative estimate of drug-likeness (QED) is 0.609. The van der Waals surface area contributed by atoms with Gasteiger partial charge in [-0.15, -0.1) is 0 Å². The molecule has 0 aliphatic rings. The molecule has 2 amide bonds. The molecule has 0 bridgehead atoms. The van der Waals surface area contributed by atoms with E-state index in [0.29, 0.717) is 5.69 Å². The van der Waals surface area contributed by atoms with Gasteiger partial charge in [0.15, 0.2) is 5.69 Å². The zero-order valence-electron chi connectivity index (χ0n) is 14.5. The SMILES string of the molecule is COc1ccc(-c2cc(C(=O)NNC(=O)c3cc(C)n(C)n3)[nH]n2)cc1. The van der Waals surface area contributed by atoms with E-state index < -0.39 is 11.8 Å². The first-order valence-electron chi connectivity index (χ1n) is 7.79. The summed E-state index contributed by atoms with van der Waals surface area (Å²) in [6.07, 6.45) is 0. The van der Waals surface area contributed by atoms with E-state index >= 15 is 0 Å². The maximum atomic E-state index is 12.2. The van der Waals surface area contributed by atoms with Crippen molar-refractivity contribution in [2.75, 3.05) is 7.11 Å². The van der Waals surface area contributed by atoms with Crippen molar-refractivity contribution in [3.63, 3.8) is 0 Å². The highest BCUT2D eigenvalue weighted by atomic mass is 16.5. The van der Waals surface area contributed by atoms with Crippen LogP contribution in [0.4, 0.5) is 0 Å². The number of ether oxygens (including phenoxy) is 1. The Morgan fingerprint density at radius 3 is 2.42 bits per heavy atom. The molecule has 0 fully saturated rings. The fraction of sp³-hybridized carbons (Fsp3) is 0.176. The fourth-order valence-electron chi connectivity index (χ4n) is 2.26. The second-order valence-electron chi connectivity index (χ2n) is 5.60. The summed E-state index contributed by atoms with van der Waals surface area (Å²) in [6, 6.07) is 10.5. The monoisotopic (exact) mass is 354 g/mol. The van der Waals surface area contributed by atoms with Gasteiger partial charge in [-0.3, -0.25) is 30.2 Å². The lowest BCUT2D eigenvalue weighted by Crippen LogP contribution is -2.42. The summed E-state index contributed by atoms with van der Waals surface area (Å²) in [5, 5.41) is 10.8. The van der Waals surface area contributed by atoms with E-state index in [1.807, 2.05) is 19.1 Å². The predicted octanol–water partition coefficient (Wildman–Crippen LogP) is 1.20. The summed E-state index contributed by atoms with van der Waals surface area (Å²) in [6.45, 7) is 1.83. The average molecular weight is 354 g/mol. The van der Waals surface area contributed by atoms with Gasteiger partial charge < -0.3 is 4.74 Å². The largest absolute Gasteiger partial charge is 0.497 e. The van der Waals surface area contributed by atoms with E-state index in [9.17, 15) is 9.59 Å². The zero-order chi connectivity index (χ0) is 18.7. The highest BCUT2D eigenvalue weighted by Gasteiger charge is 2.14. The molecule has 0 spiro atoms. The van der Waals surface area contributed by atoms with E-state index in [-0.39, 0.29) is 11.4 Å². The van der Waals surface area contributed by atoms with Crippen molar-refractivity contribution in [1.82, 2.24) is 30.8 Å². The minimum atomic E-state index is -0.515. The van der Waals surface area contributed by atoms with Gasteiger partial charge in [0.2, 0.25) is 0 Å². The molecule has 0 radical (unpaired) electrons. The fourth-order valence-corrected chi connectivity index (χ4v) is 2.26. The third-order valence-electron chi connectivity index (χ3n) is 3.84. The Hall–Kier alpha value is -3.62. The van der Waals surface area contributed by atoms with Gasteiger partial charge in [0.1, 0.15) is 11.4 Å². The van der Waals surface area contributed by atoms with Crippen LogP contribution >= 0.6 is 0 Å². The second-order valence-corrected chi connectivity index (χ2v) is 5.60. The van der Waals surface area contributed by atoms with Crippen molar-refractivity contribution in [3.8, 4) is 17.0 Å². The van der Waals surface area contributed by atoms with Crippen molar-refractivity contribution in [1.29, 1.82) is 0 Å². The number of carbonyl (C=O) groups is 2. The molecule has 0 atom stereocenters. The van der Waals surface area contributed by atoms with Crippen LogP contribution in [0.3, 0.4) is 0 Å². The van der Waals surface area contributed by atoms with Gasteiger partial charge in [-0.1, -0.05) is 0 Å². The van der Waals surface area contributed by atoms with Gasteiger partial charge in [0.25, 0.3) is 11.8 Å². The van der Waals surface area contributed by atoms with Crippen LogP contribution in [0, 0.1) is 6.92 Å². The Labute approximate surface area is 149 Å². The first-order chi connectivity index (χ1) is 12.5. The summed E-state index contributed by atoms with van der Waals surface area (Å²) in [5.41, 5.74) is 7.35. The summed E-state index contributed by atoms with van der Waals surface area (Å²) in [4.78, 5) is 24.1. The van der Waals surface area contributed by atoms with E-state index in [1.165, 1.54) is 0 Å². The number of nitrogens with one attached hydrogen (secondary N) is 3. The summed E-state index contributed by atoms with van der Waals surface area (Å²) < 4.78 is 6.69. The number of methoxy groups -OCH3 is 1. The highest BCUT2D eigenvalue weighted by Crippen LogP contribution is 2.21. The number of hydrogen-bond donors (Lipinski definition) is 3. The molecule has 0 aliphatic heterocycles. The standard InChI is InChI=1S/C17H18N6O3/c1-10-8-15(22-23(10)2)17(25)21-20-16(24)14-9-13(18-19-14)11-4-6-12(26-3)7-5-11/h4-9H,1-3H3,(H,18,19)(H,20,24)(H,21,25). The lowest BCUT2D eigenvalue weighted by atomic mass is 10.1. The molecule has 0 unspecified atom stereocenters. The molecule has 3 N–H and O–H groups in total. The van der Waals surface area contributed by atoms with Crippen LogP contribution < -0.4 is 15.6 Å². The lowest BCUT2D eigenvalue weighted by Gasteiger charge is -2.03. The molecule has 2 aromatic heterocycles. The van der Waals surface area contributed by atoms with Gasteiger partial charge in [0.05, 0.1) is 12.8 Å². The van der Waals surface area contributed by atoms with Crippen LogP contribution in [0.1, 0.15) is 26.7 Å². The predicted molar refractivity (Wildman–Crippen MR) is 93.5 cm³/mol. The number of hydrazine groups is 1. The molecular formula is C17H18N6O3. The molecule has 3 aromatic rings. The van der Waals surface area contributed by atoms with E-state index in [0.717, 1.165) is 17.0 Å². The Balaban J connectivity index is 1.63. The van der Waals surface area contributed by atoms with Gasteiger partial charge in [-0.05, 0) is 43.3 Å². The number of carbonyl (C=O) groups excluding carboxylic acids is 2. The van der Waals surface area contributed by atoms with Crippen molar-refractivity contribution >= 4 is 11.8 Å². The Kier molecular flexibility index (Phi) is 4.70. The molecule has 2 heterocycles. The van der Waals surface area contributed by atoms with Crippen molar-refractivity contribution in [2.24, 2.45) is 7.05 Å². The van der Waals surface area contributed by atoms with E-state index in [2.05, 4.69) is 26.1 Å². The van der Waals surface area contributed by atoms with Crippen LogP contribution in [0.15, 0.2) is 36.4 Å². The Morgan fingerprint density at radius 2 is 1.81 bits per heavy atom. The first-order valence-corrected chi connectivity index (χ1v) is 7.79. The Morgan fingerprint density at radius 1 is 1.12 bits per heavy atom. The molecule has 1 aromatic carbocycles. The maximum Gasteiger partial charge on any atom is 0.290 e. The number of rotatable bonds is 4. The third-order valence-corrected chi connectivity index (χ3v) is 3.84. The number of hydrogen-bond acceptors (Lipinski definition) is 5. The summed E-state index contributed by atoms with van der Waals surface area (Å²) in [7, 11) is 3.32. The van der Waals surface area contributed by atoms with Crippen LogP contribution in [0.5, 0.6) is 5.75 Å². The normalized spacial score (nSPS) is 10.4. The number of amides is 2. The molecular weight excluding hydrogens is 336 g/mol. The van der Waals surface area contributed by atoms with Gasteiger partial charge in [0, 0.05) is 18.3 Å². The van der Waals surface area contributed by atoms with Crippen molar-refractivity contribution in [2.45, 2.75) is 6.92 Å². The van der Waals surface area contributed by atoms with Gasteiger partial charge in [-0.25, -0.2) is 0 Å². The number of aryl methyl sites for hydroxylation is 2. The first kappa shape index (κ1) is 17.2. The number of aromatic amines is 1. The lowest BCUT2D eigenvalue weighted by molar-refractivity contribution is 0.0841. The van der Waals surface area contributed by atoms with E-state index in [4.69, 9.17) is 4.74 Å². The Bertz CT molecular complexity index is 922. The number of H-pyrrole nitrogens is 1. The van der Waals surface area contributed by atoms with Gasteiger partial charge in [-0.2, -0.15) is 10.2 Å². The summed E-state index contributed by atoms with van der Waals surface area (Å²) >= 11 is 0. The molecule has 26 heavy (non-hydrogen) atoms. The molecule has 0 saturated heterocycles. The smallest absolute Gasteiger partial charge is 0.290 e. The molecule has 0 aliphatic carbocycles. The minimum absolute atomic E-state index is 0.216. The third kappa shape index (κ3) is 3.56. The number of benzene rings is 1. The second kappa shape index (κ2) is 7.09. The zero-order valence-corrected chi connectivity index (χ0v) is 14.5. The topological polar surface area (TPSA) is 114 Å². The average Bonchev–Trinajstić information content (AvgIpc) is 3.27. The number of aromatic nitrogens is 4. The molecule has 134 valence electrons. The van der Waals surface area contributed by atoms with Crippen LogP contribution in [0.25, 0.3) is 11.3 Å². The number of nitrogens with zero attached hydrogens (tertiary/aromatic N) is 3. The molecule has 3 rings (SSSR count). The van der Waals surface area contributed by atoms with Crippen molar-refractivity contribution in [3.05, 3.63) is 53.5 Å². The maximum absolute atomic E-state index is 12.2. The minimum Gasteiger partial charge on any atom is -0.497 e. The van der Waals surface area contributed by atoms with Crippen LogP contribution in [-0.2, 0) is 7.05 Å². The van der Waals surface area contributed by atoms with Crippen molar-refractivity contribution < 1.29 is 14.3 Å². The van der Waals surface area contributed by atoms with Crippen LogP contribution in [0.2, 0.25) is 0 Å².